The van der Waals surface area contributed by atoms with Gasteiger partial charge in [0.05, 0.1) is 19.8 Å². The molecule has 1 saturated carbocycles. The summed E-state index contributed by atoms with van der Waals surface area (Å²) in [6, 6.07) is 7.92. The molecule has 4 heteroatoms. The van der Waals surface area contributed by atoms with Crippen molar-refractivity contribution in [2.24, 2.45) is 5.92 Å². The van der Waals surface area contributed by atoms with E-state index in [2.05, 4.69) is 4.90 Å². The molecule has 1 aliphatic rings. The highest BCUT2D eigenvalue weighted by atomic mass is 16.5. The van der Waals surface area contributed by atoms with Crippen molar-refractivity contribution in [2.45, 2.75) is 32.0 Å². The number of methoxy groups -OCH3 is 1. The van der Waals surface area contributed by atoms with Crippen molar-refractivity contribution in [2.75, 3.05) is 27.7 Å². The number of hydrogen-bond acceptors (Lipinski definition) is 4. The van der Waals surface area contributed by atoms with E-state index in [0.717, 1.165) is 30.7 Å². The van der Waals surface area contributed by atoms with Crippen molar-refractivity contribution in [3.05, 3.63) is 29.8 Å². The summed E-state index contributed by atoms with van der Waals surface area (Å²) in [6.07, 6.45) is 2.49. The average Bonchev–Trinajstić information content (AvgIpc) is 2.48. The Bertz CT molecular complexity index is 473. The van der Waals surface area contributed by atoms with Gasteiger partial charge in [-0.1, -0.05) is 12.1 Å². The highest BCUT2D eigenvalue weighted by molar-refractivity contribution is 5.82. The Morgan fingerprint density at radius 2 is 2.14 bits per heavy atom. The normalized spacial score (nSPS) is 22.6. The zero-order chi connectivity index (χ0) is 15.2. The quantitative estimate of drug-likeness (QED) is 0.807. The average molecular weight is 291 g/mol. The van der Waals surface area contributed by atoms with Gasteiger partial charge in [0.1, 0.15) is 11.5 Å². The Balaban J connectivity index is 1.86. The summed E-state index contributed by atoms with van der Waals surface area (Å²) in [4.78, 5) is 14.0. The molecule has 116 valence electrons. The van der Waals surface area contributed by atoms with Crippen LogP contribution in [-0.4, -0.2) is 44.5 Å². The number of carbonyl (C=O) groups excluding carboxylic acids is 1. The van der Waals surface area contributed by atoms with Crippen LogP contribution < -0.4 is 4.74 Å². The van der Waals surface area contributed by atoms with Gasteiger partial charge in [-0.05, 0) is 44.6 Å². The van der Waals surface area contributed by atoms with Crippen LogP contribution in [0.3, 0.4) is 0 Å². The second-order valence-corrected chi connectivity index (χ2v) is 5.98. The van der Waals surface area contributed by atoms with Gasteiger partial charge in [-0.2, -0.15) is 0 Å². The van der Waals surface area contributed by atoms with Gasteiger partial charge in [-0.3, -0.25) is 4.79 Å². The molecule has 2 rings (SSSR count). The number of carbonyl (C=O) groups is 1. The molecule has 1 aliphatic carbocycles. The van der Waals surface area contributed by atoms with Crippen molar-refractivity contribution < 1.29 is 14.3 Å². The minimum Gasteiger partial charge on any atom is -0.497 e. The Kier molecular flexibility index (Phi) is 5.76. The third kappa shape index (κ3) is 4.83. The zero-order valence-electron chi connectivity index (χ0n) is 13.2. The molecule has 0 radical (unpaired) electrons. The molecule has 0 saturated heterocycles. The molecule has 0 amide bonds. The van der Waals surface area contributed by atoms with Crippen LogP contribution in [0.2, 0.25) is 0 Å². The van der Waals surface area contributed by atoms with Gasteiger partial charge >= 0.3 is 0 Å². The SMILES string of the molecule is COc1cccc(COC2CCC(=O)C(CN(C)C)C2)c1. The largest absolute Gasteiger partial charge is 0.497 e. The predicted molar refractivity (Wildman–Crippen MR) is 82.5 cm³/mol. The number of ketones is 1. The molecule has 0 N–H and O–H groups in total. The van der Waals surface area contributed by atoms with Gasteiger partial charge in [-0.15, -0.1) is 0 Å². The standard InChI is InChI=1S/C17H25NO3/c1-18(2)11-14-10-16(7-8-17(14)19)21-12-13-5-4-6-15(9-13)20-3/h4-6,9,14,16H,7-8,10-12H2,1-3H3. The highest BCUT2D eigenvalue weighted by Crippen LogP contribution is 2.25. The van der Waals surface area contributed by atoms with Gasteiger partial charge in [0.25, 0.3) is 0 Å². The second kappa shape index (κ2) is 7.57. The first-order chi connectivity index (χ1) is 10.1. The summed E-state index contributed by atoms with van der Waals surface area (Å²) in [5.74, 6) is 1.34. The lowest BCUT2D eigenvalue weighted by Crippen LogP contribution is -2.36. The first-order valence-electron chi connectivity index (χ1n) is 7.50. The van der Waals surface area contributed by atoms with Gasteiger partial charge in [0, 0.05) is 18.9 Å². The molecule has 0 aromatic heterocycles. The summed E-state index contributed by atoms with van der Waals surface area (Å²) >= 11 is 0. The van der Waals surface area contributed by atoms with Crippen LogP contribution in [0, 0.1) is 5.92 Å². The number of rotatable bonds is 6. The first-order valence-corrected chi connectivity index (χ1v) is 7.50. The molecule has 1 fully saturated rings. The molecule has 0 heterocycles. The maximum Gasteiger partial charge on any atom is 0.137 e. The van der Waals surface area contributed by atoms with Crippen LogP contribution in [0.5, 0.6) is 5.75 Å². The predicted octanol–water partition coefficient (Wildman–Crippen LogP) is 2.51. The van der Waals surface area contributed by atoms with E-state index >= 15 is 0 Å². The number of hydrogen-bond donors (Lipinski definition) is 0. The minimum absolute atomic E-state index is 0.115. The summed E-state index contributed by atoms with van der Waals surface area (Å²) in [7, 11) is 5.68. The topological polar surface area (TPSA) is 38.8 Å². The van der Waals surface area contributed by atoms with Crippen LogP contribution in [0.15, 0.2) is 24.3 Å². The van der Waals surface area contributed by atoms with E-state index in [0.29, 0.717) is 18.8 Å². The molecular weight excluding hydrogens is 266 g/mol. The highest BCUT2D eigenvalue weighted by Gasteiger charge is 2.29. The van der Waals surface area contributed by atoms with Gasteiger partial charge in [0.15, 0.2) is 0 Å². The number of ether oxygens (including phenoxy) is 2. The van der Waals surface area contributed by atoms with Crippen LogP contribution in [0.4, 0.5) is 0 Å². The summed E-state index contributed by atoms with van der Waals surface area (Å²) in [6.45, 7) is 1.39. The summed E-state index contributed by atoms with van der Waals surface area (Å²) < 4.78 is 11.2. The number of Topliss-reactive ketones (excluding diaryl/α,β-unsaturated/α-hetero) is 1. The lowest BCUT2D eigenvalue weighted by molar-refractivity contribution is -0.129. The number of nitrogens with zero attached hydrogens (tertiary/aromatic N) is 1. The van der Waals surface area contributed by atoms with E-state index in [9.17, 15) is 4.79 Å². The van der Waals surface area contributed by atoms with Crippen molar-refractivity contribution in [3.63, 3.8) is 0 Å². The molecule has 0 bridgehead atoms. The van der Waals surface area contributed by atoms with Crippen LogP contribution >= 0.6 is 0 Å². The van der Waals surface area contributed by atoms with Gasteiger partial charge < -0.3 is 14.4 Å². The van der Waals surface area contributed by atoms with E-state index in [1.54, 1.807) is 7.11 Å². The Hall–Kier alpha value is -1.39. The molecule has 1 aromatic carbocycles. The van der Waals surface area contributed by atoms with E-state index in [-0.39, 0.29) is 12.0 Å². The minimum atomic E-state index is 0.115. The number of benzene rings is 1. The van der Waals surface area contributed by atoms with Crippen LogP contribution in [-0.2, 0) is 16.1 Å². The summed E-state index contributed by atoms with van der Waals surface area (Å²) in [5.41, 5.74) is 1.11. The van der Waals surface area contributed by atoms with E-state index in [1.807, 2.05) is 38.4 Å². The molecule has 0 spiro atoms. The third-order valence-electron chi connectivity index (χ3n) is 3.92. The molecule has 21 heavy (non-hydrogen) atoms. The third-order valence-corrected chi connectivity index (χ3v) is 3.92. The first kappa shape index (κ1) is 16.0. The fourth-order valence-electron chi connectivity index (χ4n) is 2.82. The molecule has 4 nitrogen and oxygen atoms in total. The maximum absolute atomic E-state index is 11.9. The summed E-state index contributed by atoms with van der Waals surface area (Å²) in [5, 5.41) is 0. The molecule has 0 aliphatic heterocycles. The molecule has 2 atom stereocenters. The van der Waals surface area contributed by atoms with Crippen molar-refractivity contribution in [3.8, 4) is 5.75 Å². The van der Waals surface area contributed by atoms with Crippen molar-refractivity contribution in [1.29, 1.82) is 0 Å². The van der Waals surface area contributed by atoms with Gasteiger partial charge in [-0.25, -0.2) is 0 Å². The van der Waals surface area contributed by atoms with Gasteiger partial charge in [0.2, 0.25) is 0 Å². The molecule has 2 unspecified atom stereocenters. The Morgan fingerprint density at radius 3 is 2.86 bits per heavy atom. The smallest absolute Gasteiger partial charge is 0.137 e. The van der Waals surface area contributed by atoms with E-state index < -0.39 is 0 Å². The lowest BCUT2D eigenvalue weighted by Gasteiger charge is -2.29. The second-order valence-electron chi connectivity index (χ2n) is 5.98. The fourth-order valence-corrected chi connectivity index (χ4v) is 2.82. The maximum atomic E-state index is 11.9. The monoisotopic (exact) mass is 291 g/mol. The lowest BCUT2D eigenvalue weighted by atomic mass is 9.85. The Labute approximate surface area is 127 Å². The zero-order valence-corrected chi connectivity index (χ0v) is 13.2. The molecule has 1 aromatic rings. The van der Waals surface area contributed by atoms with Crippen LogP contribution in [0.25, 0.3) is 0 Å². The molecular formula is C17H25NO3. The Morgan fingerprint density at radius 1 is 1.33 bits per heavy atom. The van der Waals surface area contributed by atoms with E-state index in [4.69, 9.17) is 9.47 Å². The van der Waals surface area contributed by atoms with Crippen molar-refractivity contribution >= 4 is 5.78 Å². The van der Waals surface area contributed by atoms with Crippen LogP contribution in [0.1, 0.15) is 24.8 Å². The van der Waals surface area contributed by atoms with E-state index in [1.165, 1.54) is 0 Å². The van der Waals surface area contributed by atoms with Crippen molar-refractivity contribution in [1.82, 2.24) is 4.90 Å². The fraction of sp³-hybridized carbons (Fsp3) is 0.588.